The van der Waals surface area contributed by atoms with Gasteiger partial charge in [0.15, 0.2) is 0 Å². The third-order valence-electron chi connectivity index (χ3n) is 4.77. The molecule has 0 radical (unpaired) electrons. The summed E-state index contributed by atoms with van der Waals surface area (Å²) in [5.74, 6) is 0. The Kier molecular flexibility index (Phi) is 4.58. The van der Waals surface area contributed by atoms with Crippen molar-refractivity contribution in [1.82, 2.24) is 14.9 Å². The molecule has 0 saturated carbocycles. The molecule has 27 heavy (non-hydrogen) atoms. The highest BCUT2D eigenvalue weighted by molar-refractivity contribution is 7.09. The van der Waals surface area contributed by atoms with Gasteiger partial charge in [0, 0.05) is 40.1 Å². The van der Waals surface area contributed by atoms with Crippen LogP contribution in [0.2, 0.25) is 0 Å². The molecule has 0 bridgehead atoms. The van der Waals surface area contributed by atoms with Gasteiger partial charge in [-0.05, 0) is 44.0 Å². The van der Waals surface area contributed by atoms with Crippen LogP contribution in [0.5, 0.6) is 0 Å². The number of carbonyl (C=O) groups is 1. The summed E-state index contributed by atoms with van der Waals surface area (Å²) in [6, 6.07) is 8.05. The van der Waals surface area contributed by atoms with Crippen LogP contribution >= 0.6 is 11.3 Å². The molecule has 1 aliphatic rings. The standard InChI is InChI=1S/C20H20N4O2S/c1-12(2)26-20(25)23-14-6-17-16-5-13(8-21)3-4-18(16)24(19(17)7-14)10-15-9-22-11-27-15/h3-5,9,11-12,14H,6-7,10H2,1-2H3,(H,23,25). The Morgan fingerprint density at radius 1 is 1.48 bits per heavy atom. The van der Waals surface area contributed by atoms with Crippen LogP contribution in [-0.4, -0.2) is 27.8 Å². The lowest BCUT2D eigenvalue weighted by molar-refractivity contribution is 0.112. The van der Waals surface area contributed by atoms with Gasteiger partial charge in [0.2, 0.25) is 0 Å². The Morgan fingerprint density at radius 2 is 2.33 bits per heavy atom. The zero-order chi connectivity index (χ0) is 19.0. The summed E-state index contributed by atoms with van der Waals surface area (Å²) >= 11 is 1.63. The molecule has 0 fully saturated rings. The third kappa shape index (κ3) is 3.40. The Morgan fingerprint density at radius 3 is 3.04 bits per heavy atom. The van der Waals surface area contributed by atoms with Crippen LogP contribution in [0.3, 0.4) is 0 Å². The van der Waals surface area contributed by atoms with E-state index in [4.69, 9.17) is 4.74 Å². The molecule has 1 atom stereocenters. The Hall–Kier alpha value is -2.85. The zero-order valence-electron chi connectivity index (χ0n) is 15.2. The Labute approximate surface area is 161 Å². The summed E-state index contributed by atoms with van der Waals surface area (Å²) in [6.45, 7) is 4.41. The number of nitrogens with zero attached hydrogens (tertiary/aromatic N) is 3. The average molecular weight is 380 g/mol. The minimum Gasteiger partial charge on any atom is -0.447 e. The van der Waals surface area contributed by atoms with Crippen molar-refractivity contribution >= 4 is 28.3 Å². The molecule has 138 valence electrons. The van der Waals surface area contributed by atoms with E-state index in [2.05, 4.69) is 20.9 Å². The number of benzene rings is 1. The molecule has 3 aromatic rings. The van der Waals surface area contributed by atoms with E-state index in [-0.39, 0.29) is 18.2 Å². The second kappa shape index (κ2) is 7.05. The van der Waals surface area contributed by atoms with E-state index < -0.39 is 0 Å². The van der Waals surface area contributed by atoms with Crippen molar-refractivity contribution in [2.24, 2.45) is 0 Å². The highest BCUT2D eigenvalue weighted by atomic mass is 32.1. The first-order valence-corrected chi connectivity index (χ1v) is 9.81. The predicted molar refractivity (Wildman–Crippen MR) is 104 cm³/mol. The number of aromatic nitrogens is 2. The lowest BCUT2D eigenvalue weighted by atomic mass is 10.1. The highest BCUT2D eigenvalue weighted by Crippen LogP contribution is 2.34. The van der Waals surface area contributed by atoms with Gasteiger partial charge in [-0.25, -0.2) is 4.79 Å². The number of fused-ring (bicyclic) bond motifs is 3. The van der Waals surface area contributed by atoms with Crippen LogP contribution in [0.25, 0.3) is 10.9 Å². The molecule has 0 saturated heterocycles. The van der Waals surface area contributed by atoms with Crippen molar-refractivity contribution in [3.63, 3.8) is 0 Å². The molecule has 1 unspecified atom stereocenters. The van der Waals surface area contributed by atoms with Crippen LogP contribution in [0.15, 0.2) is 29.9 Å². The topological polar surface area (TPSA) is 79.9 Å². The summed E-state index contributed by atoms with van der Waals surface area (Å²) < 4.78 is 7.51. The van der Waals surface area contributed by atoms with E-state index in [1.807, 2.05) is 43.8 Å². The maximum atomic E-state index is 12.0. The lowest BCUT2D eigenvalue weighted by Crippen LogP contribution is -2.37. The van der Waals surface area contributed by atoms with Crippen LogP contribution in [0.4, 0.5) is 4.79 Å². The van der Waals surface area contributed by atoms with Crippen molar-refractivity contribution in [3.8, 4) is 6.07 Å². The molecule has 1 aliphatic carbocycles. The minimum absolute atomic E-state index is 0.00380. The number of alkyl carbamates (subject to hydrolysis) is 1. The molecule has 1 aromatic carbocycles. The fourth-order valence-corrected chi connectivity index (χ4v) is 4.32. The predicted octanol–water partition coefficient (Wildman–Crippen LogP) is 3.62. The maximum Gasteiger partial charge on any atom is 0.407 e. The van der Waals surface area contributed by atoms with Gasteiger partial charge in [0.25, 0.3) is 0 Å². The number of hydrogen-bond acceptors (Lipinski definition) is 5. The average Bonchev–Trinajstić information content (AvgIpc) is 3.32. The summed E-state index contributed by atoms with van der Waals surface area (Å²) in [4.78, 5) is 17.3. The minimum atomic E-state index is -0.379. The number of rotatable bonds is 4. The fourth-order valence-electron chi connectivity index (χ4n) is 3.73. The van der Waals surface area contributed by atoms with Crippen LogP contribution < -0.4 is 5.32 Å². The first kappa shape index (κ1) is 17.6. The number of amides is 1. The van der Waals surface area contributed by atoms with E-state index in [0.717, 1.165) is 30.3 Å². The monoisotopic (exact) mass is 380 g/mol. The normalized spacial score (nSPS) is 15.7. The van der Waals surface area contributed by atoms with Crippen LogP contribution in [-0.2, 0) is 24.1 Å². The highest BCUT2D eigenvalue weighted by Gasteiger charge is 2.30. The van der Waals surface area contributed by atoms with E-state index in [1.165, 1.54) is 16.1 Å². The molecule has 7 heteroatoms. The van der Waals surface area contributed by atoms with E-state index in [9.17, 15) is 10.1 Å². The van der Waals surface area contributed by atoms with Crippen LogP contribution in [0.1, 0.15) is 35.5 Å². The third-order valence-corrected chi connectivity index (χ3v) is 5.53. The maximum absolute atomic E-state index is 12.0. The van der Waals surface area contributed by atoms with Crippen molar-refractivity contribution in [2.45, 2.75) is 45.4 Å². The summed E-state index contributed by atoms with van der Waals surface area (Å²) in [5.41, 5.74) is 6.03. The molecule has 1 amide bonds. The molecule has 0 spiro atoms. The summed E-state index contributed by atoms with van der Waals surface area (Å²) in [7, 11) is 0. The van der Waals surface area contributed by atoms with Gasteiger partial charge in [-0.15, -0.1) is 11.3 Å². The van der Waals surface area contributed by atoms with Crippen LogP contribution in [0, 0.1) is 11.3 Å². The van der Waals surface area contributed by atoms with E-state index in [0.29, 0.717) is 5.56 Å². The second-order valence-corrected chi connectivity index (χ2v) is 8.00. The first-order valence-electron chi connectivity index (χ1n) is 8.93. The fraction of sp³-hybridized carbons (Fsp3) is 0.350. The Bertz CT molecular complexity index is 1030. The number of thiazole rings is 1. The molecule has 4 rings (SSSR count). The SMILES string of the molecule is CC(C)OC(=O)NC1Cc2c(n(Cc3cncs3)c3ccc(C#N)cc23)C1. The summed E-state index contributed by atoms with van der Waals surface area (Å²) in [5, 5.41) is 13.3. The number of carbonyl (C=O) groups excluding carboxylic acids is 1. The molecule has 2 aromatic heterocycles. The van der Waals surface area contributed by atoms with E-state index in [1.54, 1.807) is 11.3 Å². The number of nitrogens with one attached hydrogen (secondary N) is 1. The number of ether oxygens (including phenoxy) is 1. The first-order chi connectivity index (χ1) is 13.0. The molecule has 6 nitrogen and oxygen atoms in total. The number of hydrogen-bond donors (Lipinski definition) is 1. The van der Waals surface area contributed by atoms with Crippen molar-refractivity contribution in [1.29, 1.82) is 5.26 Å². The molecular formula is C20H20N4O2S. The smallest absolute Gasteiger partial charge is 0.407 e. The molecule has 1 N–H and O–H groups in total. The van der Waals surface area contributed by atoms with Crippen molar-refractivity contribution < 1.29 is 9.53 Å². The van der Waals surface area contributed by atoms with Gasteiger partial charge in [-0.2, -0.15) is 5.26 Å². The molecular weight excluding hydrogens is 360 g/mol. The largest absolute Gasteiger partial charge is 0.447 e. The van der Waals surface area contributed by atoms with E-state index >= 15 is 0 Å². The van der Waals surface area contributed by atoms with Gasteiger partial charge in [-0.1, -0.05) is 0 Å². The van der Waals surface area contributed by atoms with Gasteiger partial charge in [0.05, 0.1) is 29.8 Å². The molecule has 2 heterocycles. The Balaban J connectivity index is 1.69. The lowest BCUT2D eigenvalue weighted by Gasteiger charge is -2.15. The number of nitriles is 1. The van der Waals surface area contributed by atoms with Gasteiger partial charge in [0.1, 0.15) is 0 Å². The van der Waals surface area contributed by atoms with Gasteiger partial charge in [-0.3, -0.25) is 4.98 Å². The zero-order valence-corrected chi connectivity index (χ0v) is 16.0. The van der Waals surface area contributed by atoms with Gasteiger partial charge >= 0.3 is 6.09 Å². The van der Waals surface area contributed by atoms with Crippen molar-refractivity contribution in [2.75, 3.05) is 0 Å². The van der Waals surface area contributed by atoms with Crippen molar-refractivity contribution in [3.05, 3.63) is 51.6 Å². The second-order valence-electron chi connectivity index (χ2n) is 7.03. The van der Waals surface area contributed by atoms with Gasteiger partial charge < -0.3 is 14.6 Å². The molecule has 0 aliphatic heterocycles. The quantitative estimate of drug-likeness (QED) is 0.750. The summed E-state index contributed by atoms with van der Waals surface area (Å²) in [6.07, 6.45) is 2.85.